The highest BCUT2D eigenvalue weighted by Gasteiger charge is 2.20. The van der Waals surface area contributed by atoms with Crippen LogP contribution in [0.4, 0.5) is 17.1 Å². The number of benzene rings is 10. The summed E-state index contributed by atoms with van der Waals surface area (Å²) in [6.45, 7) is 0. The maximum atomic E-state index is 6.26. The van der Waals surface area contributed by atoms with Crippen LogP contribution < -0.4 is 4.90 Å². The highest BCUT2D eigenvalue weighted by Crippen LogP contribution is 2.44. The molecule has 3 nitrogen and oxygen atoms in total. The van der Waals surface area contributed by atoms with Gasteiger partial charge in [-0.15, -0.1) is 0 Å². The Labute approximate surface area is 366 Å². The van der Waals surface area contributed by atoms with E-state index >= 15 is 0 Å². The van der Waals surface area contributed by atoms with Crippen LogP contribution >= 0.6 is 0 Å². The Balaban J connectivity index is 0.984. The number of para-hydroxylation sites is 4. The van der Waals surface area contributed by atoms with Crippen LogP contribution in [0.5, 0.6) is 0 Å². The molecule has 12 rings (SSSR count). The zero-order chi connectivity index (χ0) is 41.7. The third kappa shape index (κ3) is 6.38. The van der Waals surface area contributed by atoms with Crippen LogP contribution in [0.3, 0.4) is 0 Å². The van der Waals surface area contributed by atoms with Gasteiger partial charge in [-0.25, -0.2) is 0 Å². The predicted molar refractivity (Wildman–Crippen MR) is 264 cm³/mol. The quantitative estimate of drug-likeness (QED) is 0.153. The van der Waals surface area contributed by atoms with E-state index in [0.29, 0.717) is 0 Å². The van der Waals surface area contributed by atoms with E-state index in [9.17, 15) is 0 Å². The number of fused-ring (bicyclic) bond motifs is 6. The van der Waals surface area contributed by atoms with E-state index in [4.69, 9.17) is 4.42 Å². The summed E-state index contributed by atoms with van der Waals surface area (Å²) in [5, 5.41) is 4.77. The molecule has 0 N–H and O–H groups in total. The maximum Gasteiger partial charge on any atom is 0.136 e. The molecule has 0 radical (unpaired) electrons. The van der Waals surface area contributed by atoms with Crippen LogP contribution in [0.25, 0.3) is 93.9 Å². The number of furan rings is 1. The third-order valence-electron chi connectivity index (χ3n) is 12.4. The molecule has 0 aliphatic carbocycles. The average molecular weight is 805 g/mol. The molecule has 0 bridgehead atoms. The fourth-order valence-corrected chi connectivity index (χ4v) is 9.47. The fourth-order valence-electron chi connectivity index (χ4n) is 9.47. The lowest BCUT2D eigenvalue weighted by atomic mass is 9.95. The van der Waals surface area contributed by atoms with Crippen molar-refractivity contribution in [2.75, 3.05) is 4.90 Å². The Hall–Kier alpha value is -8.40. The smallest absolute Gasteiger partial charge is 0.136 e. The van der Waals surface area contributed by atoms with Gasteiger partial charge in [-0.05, 0) is 106 Å². The van der Waals surface area contributed by atoms with E-state index in [0.717, 1.165) is 72.5 Å². The molecule has 12 aromatic rings. The van der Waals surface area contributed by atoms with Crippen molar-refractivity contribution in [3.8, 4) is 50.2 Å². The summed E-state index contributed by atoms with van der Waals surface area (Å²) in [7, 11) is 0. The van der Waals surface area contributed by atoms with E-state index in [2.05, 4.69) is 240 Å². The molecule has 3 heteroatoms. The lowest BCUT2D eigenvalue weighted by Crippen LogP contribution is -2.11. The molecule has 0 fully saturated rings. The minimum atomic E-state index is 0.901. The highest BCUT2D eigenvalue weighted by atomic mass is 16.3. The van der Waals surface area contributed by atoms with E-state index in [1.54, 1.807) is 0 Å². The van der Waals surface area contributed by atoms with Crippen LogP contribution in [0.15, 0.2) is 247 Å². The van der Waals surface area contributed by atoms with Gasteiger partial charge in [0.15, 0.2) is 0 Å². The predicted octanol–water partition coefficient (Wildman–Crippen LogP) is 16.8. The molecule has 63 heavy (non-hydrogen) atoms. The van der Waals surface area contributed by atoms with Gasteiger partial charge in [-0.2, -0.15) is 0 Å². The fraction of sp³-hybridized carbons (Fsp3) is 0. The van der Waals surface area contributed by atoms with Crippen molar-refractivity contribution in [2.24, 2.45) is 0 Å². The van der Waals surface area contributed by atoms with Gasteiger partial charge < -0.3 is 13.9 Å². The largest absolute Gasteiger partial charge is 0.456 e. The third-order valence-corrected chi connectivity index (χ3v) is 12.4. The minimum Gasteiger partial charge on any atom is -0.456 e. The Kier molecular flexibility index (Phi) is 8.83. The summed E-state index contributed by atoms with van der Waals surface area (Å²) in [4.78, 5) is 2.41. The number of anilines is 3. The van der Waals surface area contributed by atoms with Crippen molar-refractivity contribution >= 4 is 60.8 Å². The van der Waals surface area contributed by atoms with Crippen molar-refractivity contribution < 1.29 is 4.42 Å². The molecular formula is C60H40N2O. The van der Waals surface area contributed by atoms with Crippen LogP contribution in [0.2, 0.25) is 0 Å². The lowest BCUT2D eigenvalue weighted by molar-refractivity contribution is 0.669. The van der Waals surface area contributed by atoms with E-state index in [1.165, 1.54) is 38.5 Å². The average Bonchev–Trinajstić information content (AvgIpc) is 3.91. The first-order chi connectivity index (χ1) is 31.2. The molecule has 0 amide bonds. The second-order valence-electron chi connectivity index (χ2n) is 16.1. The van der Waals surface area contributed by atoms with Crippen molar-refractivity contribution in [3.05, 3.63) is 243 Å². The monoisotopic (exact) mass is 804 g/mol. The molecule has 296 valence electrons. The summed E-state index contributed by atoms with van der Waals surface area (Å²) in [6, 6.07) is 87.2. The van der Waals surface area contributed by atoms with Crippen molar-refractivity contribution in [1.29, 1.82) is 0 Å². The molecule has 0 spiro atoms. The summed E-state index contributed by atoms with van der Waals surface area (Å²) in [6.07, 6.45) is 0. The maximum absolute atomic E-state index is 6.26. The summed E-state index contributed by atoms with van der Waals surface area (Å²) in [5.41, 5.74) is 17.8. The van der Waals surface area contributed by atoms with Gasteiger partial charge >= 0.3 is 0 Å². The van der Waals surface area contributed by atoms with E-state index in [1.807, 2.05) is 12.1 Å². The van der Waals surface area contributed by atoms with Gasteiger partial charge in [-0.1, -0.05) is 176 Å². The molecule has 0 atom stereocenters. The molecule has 0 unspecified atom stereocenters. The van der Waals surface area contributed by atoms with E-state index < -0.39 is 0 Å². The van der Waals surface area contributed by atoms with Crippen molar-refractivity contribution in [3.63, 3.8) is 0 Å². The van der Waals surface area contributed by atoms with Gasteiger partial charge in [0.2, 0.25) is 0 Å². The Morgan fingerprint density at radius 3 is 1.65 bits per heavy atom. The summed E-state index contributed by atoms with van der Waals surface area (Å²) >= 11 is 0. The van der Waals surface area contributed by atoms with Crippen LogP contribution in [-0.2, 0) is 0 Å². The number of nitrogens with zero attached hydrogens (tertiary/aromatic N) is 2. The summed E-state index contributed by atoms with van der Waals surface area (Å²) < 4.78 is 8.65. The van der Waals surface area contributed by atoms with Crippen LogP contribution in [0, 0.1) is 0 Å². The van der Waals surface area contributed by atoms with E-state index in [-0.39, 0.29) is 0 Å². The van der Waals surface area contributed by atoms with Gasteiger partial charge in [0.1, 0.15) is 11.2 Å². The zero-order valence-corrected chi connectivity index (χ0v) is 34.4. The summed E-state index contributed by atoms with van der Waals surface area (Å²) in [5.74, 6) is 0. The van der Waals surface area contributed by atoms with Crippen LogP contribution in [0.1, 0.15) is 0 Å². The van der Waals surface area contributed by atoms with Gasteiger partial charge in [0.25, 0.3) is 0 Å². The van der Waals surface area contributed by atoms with Crippen molar-refractivity contribution in [1.82, 2.24) is 4.57 Å². The first kappa shape index (κ1) is 36.5. The second-order valence-corrected chi connectivity index (χ2v) is 16.1. The topological polar surface area (TPSA) is 21.3 Å². The molecule has 0 aliphatic rings. The molecule has 2 aromatic heterocycles. The number of hydrogen-bond acceptors (Lipinski definition) is 2. The normalized spacial score (nSPS) is 11.5. The number of aromatic nitrogens is 1. The molecule has 0 aliphatic heterocycles. The SMILES string of the molecule is c1ccc(-c2ccc(-c3ccccc3N(c3ccc(-c4cccc(-c5cccc6oc7ccccc7c56)c4)cc3)c3cccc(-n4c5ccccc5c5ccccc54)c3)cc2)cc1. The Bertz CT molecular complexity index is 3560. The Morgan fingerprint density at radius 1 is 0.317 bits per heavy atom. The first-order valence-corrected chi connectivity index (χ1v) is 21.5. The van der Waals surface area contributed by atoms with Gasteiger partial charge in [0.05, 0.1) is 16.7 Å². The van der Waals surface area contributed by atoms with Crippen LogP contribution in [-0.4, -0.2) is 4.57 Å². The minimum absolute atomic E-state index is 0.901. The lowest BCUT2D eigenvalue weighted by Gasteiger charge is -2.28. The number of rotatable bonds is 8. The highest BCUT2D eigenvalue weighted by molar-refractivity contribution is 6.12. The molecular weight excluding hydrogens is 765 g/mol. The second kappa shape index (κ2) is 15.3. The van der Waals surface area contributed by atoms with Gasteiger partial charge in [0, 0.05) is 44.2 Å². The number of hydrogen-bond donors (Lipinski definition) is 0. The molecule has 2 heterocycles. The Morgan fingerprint density at radius 2 is 0.857 bits per heavy atom. The molecule has 0 saturated carbocycles. The molecule has 10 aromatic carbocycles. The standard InChI is InChI=1S/C60H40N2O/c1-2-15-41(16-3-1)42-31-33-44(34-32-42)50-21-4-8-26-55(50)61(48-19-13-20-49(40-48)62-56-27-9-5-22-52(56)53-23-6-10-28-57(53)62)47-37-35-43(36-38-47)45-17-12-18-46(39-45)51-25-14-30-59-60(51)54-24-7-11-29-58(54)63-59/h1-40H. The zero-order valence-electron chi connectivity index (χ0n) is 34.4. The molecule has 0 saturated heterocycles. The van der Waals surface area contributed by atoms with Crippen molar-refractivity contribution in [2.45, 2.75) is 0 Å². The first-order valence-electron chi connectivity index (χ1n) is 21.5. The van der Waals surface area contributed by atoms with Gasteiger partial charge in [-0.3, -0.25) is 0 Å².